The molecule has 4 aromatic rings. The van der Waals surface area contributed by atoms with Gasteiger partial charge in [-0.05, 0) is 40.6 Å². The van der Waals surface area contributed by atoms with Crippen LogP contribution in [0.15, 0.2) is 76.2 Å². The molecule has 0 saturated carbocycles. The van der Waals surface area contributed by atoms with E-state index in [1.165, 1.54) is 18.3 Å². The molecule has 0 spiro atoms. The molecule has 1 heterocycles. The lowest BCUT2D eigenvalue weighted by Crippen LogP contribution is -2.16. The summed E-state index contributed by atoms with van der Waals surface area (Å²) in [7, 11) is 0. The second-order valence-corrected chi connectivity index (χ2v) is 5.86. The Morgan fingerprint density at radius 1 is 1.04 bits per heavy atom. The van der Waals surface area contributed by atoms with E-state index in [9.17, 15) is 14.9 Å². The van der Waals surface area contributed by atoms with Crippen molar-refractivity contribution in [3.8, 4) is 0 Å². The fourth-order valence-corrected chi connectivity index (χ4v) is 2.81. The van der Waals surface area contributed by atoms with Gasteiger partial charge >= 0.3 is 5.91 Å². The number of furan rings is 1. The van der Waals surface area contributed by atoms with Gasteiger partial charge in [0, 0.05) is 17.5 Å². The SMILES string of the molecule is O=C(N/N=C\c1ccc([N+](=O)[O-])cc1)c1cc2c(ccc3ccccc32)o1. The number of nitrogens with one attached hydrogen (secondary N) is 1. The lowest BCUT2D eigenvalue weighted by molar-refractivity contribution is -0.384. The van der Waals surface area contributed by atoms with Crippen molar-refractivity contribution in [3.63, 3.8) is 0 Å². The molecule has 0 unspecified atom stereocenters. The number of amides is 1. The minimum atomic E-state index is -0.478. The summed E-state index contributed by atoms with van der Waals surface area (Å²) in [6.07, 6.45) is 1.40. The van der Waals surface area contributed by atoms with Gasteiger partial charge in [0.15, 0.2) is 5.76 Å². The number of carbonyl (C=O) groups is 1. The number of hydrazone groups is 1. The van der Waals surface area contributed by atoms with Crippen molar-refractivity contribution in [1.82, 2.24) is 5.43 Å². The Balaban J connectivity index is 1.52. The van der Waals surface area contributed by atoms with Crippen LogP contribution in [0.1, 0.15) is 16.1 Å². The first-order valence-electron chi connectivity index (χ1n) is 8.11. The topological polar surface area (TPSA) is 97.7 Å². The molecule has 0 aliphatic carbocycles. The van der Waals surface area contributed by atoms with Crippen LogP contribution in [0.2, 0.25) is 0 Å². The van der Waals surface area contributed by atoms with E-state index < -0.39 is 10.8 Å². The van der Waals surface area contributed by atoms with Crippen molar-refractivity contribution in [2.45, 2.75) is 0 Å². The smallest absolute Gasteiger partial charge is 0.307 e. The molecule has 0 aliphatic heterocycles. The number of benzene rings is 3. The van der Waals surface area contributed by atoms with Crippen LogP contribution in [0, 0.1) is 10.1 Å². The third-order valence-electron chi connectivity index (χ3n) is 4.13. The van der Waals surface area contributed by atoms with Gasteiger partial charge in [0.2, 0.25) is 0 Å². The highest BCUT2D eigenvalue weighted by molar-refractivity contribution is 6.08. The normalized spacial score (nSPS) is 11.3. The van der Waals surface area contributed by atoms with E-state index >= 15 is 0 Å². The predicted molar refractivity (Wildman–Crippen MR) is 102 cm³/mol. The zero-order valence-corrected chi connectivity index (χ0v) is 14.0. The monoisotopic (exact) mass is 359 g/mol. The summed E-state index contributed by atoms with van der Waals surface area (Å²) < 4.78 is 5.62. The van der Waals surface area contributed by atoms with Crippen molar-refractivity contribution < 1.29 is 14.1 Å². The molecule has 0 fully saturated rings. The molecular formula is C20H13N3O4. The van der Waals surface area contributed by atoms with Gasteiger partial charge in [-0.15, -0.1) is 0 Å². The van der Waals surface area contributed by atoms with Crippen molar-refractivity contribution in [1.29, 1.82) is 0 Å². The molecule has 3 aromatic carbocycles. The highest BCUT2D eigenvalue weighted by Crippen LogP contribution is 2.28. The lowest BCUT2D eigenvalue weighted by Gasteiger charge is -1.96. The maximum atomic E-state index is 12.3. The Hall–Kier alpha value is -4.00. The Bertz CT molecular complexity index is 1190. The number of rotatable bonds is 4. The minimum Gasteiger partial charge on any atom is -0.451 e. The number of nitro benzene ring substituents is 1. The molecule has 0 radical (unpaired) electrons. The second kappa shape index (κ2) is 6.72. The molecule has 0 atom stereocenters. The van der Waals surface area contributed by atoms with Gasteiger partial charge in [0.05, 0.1) is 11.1 Å². The molecule has 7 nitrogen and oxygen atoms in total. The van der Waals surface area contributed by atoms with Crippen molar-refractivity contribution in [3.05, 3.63) is 88.2 Å². The van der Waals surface area contributed by atoms with Gasteiger partial charge in [0.25, 0.3) is 5.69 Å². The van der Waals surface area contributed by atoms with Crippen LogP contribution in [-0.4, -0.2) is 17.0 Å². The Kier molecular flexibility index (Phi) is 4.10. The number of fused-ring (bicyclic) bond motifs is 3. The largest absolute Gasteiger partial charge is 0.451 e. The van der Waals surface area contributed by atoms with Gasteiger partial charge < -0.3 is 4.42 Å². The van der Waals surface area contributed by atoms with Crippen LogP contribution in [-0.2, 0) is 0 Å². The first-order valence-corrected chi connectivity index (χ1v) is 8.11. The van der Waals surface area contributed by atoms with Gasteiger partial charge in [-0.25, -0.2) is 5.43 Å². The molecule has 1 amide bonds. The number of nitrogens with zero attached hydrogens (tertiary/aromatic N) is 2. The van der Waals surface area contributed by atoms with Crippen LogP contribution in [0.5, 0.6) is 0 Å². The average molecular weight is 359 g/mol. The highest BCUT2D eigenvalue weighted by atomic mass is 16.6. The third kappa shape index (κ3) is 3.25. The van der Waals surface area contributed by atoms with Crippen molar-refractivity contribution in [2.24, 2.45) is 5.10 Å². The summed E-state index contributed by atoms with van der Waals surface area (Å²) in [5, 5.41) is 17.4. The van der Waals surface area contributed by atoms with E-state index in [2.05, 4.69) is 10.5 Å². The first kappa shape index (κ1) is 16.5. The molecule has 1 N–H and O–H groups in total. The van der Waals surface area contributed by atoms with Crippen LogP contribution in [0.4, 0.5) is 5.69 Å². The number of non-ortho nitro benzene ring substituents is 1. The standard InChI is InChI=1S/C20H13N3O4/c24-20(22-21-12-13-5-8-15(9-6-13)23(25)26)19-11-17-16-4-2-1-3-14(16)7-10-18(17)27-19/h1-12H,(H,22,24)/b21-12-. The summed E-state index contributed by atoms with van der Waals surface area (Å²) >= 11 is 0. The summed E-state index contributed by atoms with van der Waals surface area (Å²) in [5.74, 6) is -0.323. The van der Waals surface area contributed by atoms with Crippen molar-refractivity contribution in [2.75, 3.05) is 0 Å². The zero-order chi connectivity index (χ0) is 18.8. The zero-order valence-electron chi connectivity index (χ0n) is 14.0. The van der Waals surface area contributed by atoms with Crippen LogP contribution >= 0.6 is 0 Å². The molecule has 7 heteroatoms. The molecule has 1 aromatic heterocycles. The first-order chi connectivity index (χ1) is 13.1. The van der Waals surface area contributed by atoms with Crippen molar-refractivity contribution >= 4 is 39.6 Å². The highest BCUT2D eigenvalue weighted by Gasteiger charge is 2.13. The molecule has 0 bridgehead atoms. The molecule has 0 aliphatic rings. The predicted octanol–water partition coefficient (Wildman–Crippen LogP) is 4.26. The van der Waals surface area contributed by atoms with Gasteiger partial charge in [0.1, 0.15) is 5.58 Å². The maximum absolute atomic E-state index is 12.3. The maximum Gasteiger partial charge on any atom is 0.307 e. The summed E-state index contributed by atoms with van der Waals surface area (Å²) in [5.41, 5.74) is 3.63. The van der Waals surface area contributed by atoms with E-state index in [-0.39, 0.29) is 11.4 Å². The van der Waals surface area contributed by atoms with E-state index in [1.807, 2.05) is 36.4 Å². The fourth-order valence-electron chi connectivity index (χ4n) is 2.81. The van der Waals surface area contributed by atoms with Crippen LogP contribution < -0.4 is 5.43 Å². The number of carbonyl (C=O) groups excluding carboxylic acids is 1. The Morgan fingerprint density at radius 2 is 1.81 bits per heavy atom. The van der Waals surface area contributed by atoms with E-state index in [0.717, 1.165) is 16.2 Å². The fraction of sp³-hybridized carbons (Fsp3) is 0. The number of hydrogen-bond donors (Lipinski definition) is 1. The Morgan fingerprint density at radius 3 is 2.59 bits per heavy atom. The van der Waals surface area contributed by atoms with Crippen LogP contribution in [0.25, 0.3) is 21.7 Å². The molecule has 132 valence electrons. The van der Waals surface area contributed by atoms with Gasteiger partial charge in [-0.3, -0.25) is 14.9 Å². The number of hydrogen-bond acceptors (Lipinski definition) is 5. The van der Waals surface area contributed by atoms with Crippen LogP contribution in [0.3, 0.4) is 0 Å². The number of nitro groups is 1. The Labute approximate surface area is 153 Å². The van der Waals surface area contributed by atoms with E-state index in [0.29, 0.717) is 11.1 Å². The second-order valence-electron chi connectivity index (χ2n) is 5.86. The summed E-state index contributed by atoms with van der Waals surface area (Å²) in [6.45, 7) is 0. The van der Waals surface area contributed by atoms with E-state index in [4.69, 9.17) is 4.42 Å². The average Bonchev–Trinajstić information content (AvgIpc) is 3.13. The van der Waals surface area contributed by atoms with E-state index in [1.54, 1.807) is 18.2 Å². The minimum absolute atomic E-state index is 0.00862. The molecule has 4 rings (SSSR count). The molecule has 27 heavy (non-hydrogen) atoms. The molecule has 0 saturated heterocycles. The summed E-state index contributed by atoms with van der Waals surface area (Å²) in [6, 6.07) is 19.1. The third-order valence-corrected chi connectivity index (χ3v) is 4.13. The van der Waals surface area contributed by atoms with Gasteiger partial charge in [-0.2, -0.15) is 5.10 Å². The quantitative estimate of drug-likeness (QED) is 0.334. The lowest BCUT2D eigenvalue weighted by atomic mass is 10.1. The molecular weight excluding hydrogens is 346 g/mol. The summed E-state index contributed by atoms with van der Waals surface area (Å²) in [4.78, 5) is 22.4. The van der Waals surface area contributed by atoms with Gasteiger partial charge in [-0.1, -0.05) is 30.3 Å².